The fourth-order valence-corrected chi connectivity index (χ4v) is 1.95. The van der Waals surface area contributed by atoms with Crippen LogP contribution in [0.4, 0.5) is 0 Å². The van der Waals surface area contributed by atoms with Crippen molar-refractivity contribution in [2.75, 3.05) is 0 Å². The molecular weight excluding hydrogens is 244 g/mol. The smallest absolute Gasteiger partial charge is 0.132 e. The summed E-state index contributed by atoms with van der Waals surface area (Å²) in [5.74, 6) is 6.03. The first-order valence-corrected chi connectivity index (χ1v) is 6.24. The van der Waals surface area contributed by atoms with Crippen LogP contribution in [-0.4, -0.2) is 4.98 Å². The van der Waals surface area contributed by atoms with E-state index in [2.05, 4.69) is 22.9 Å². The lowest BCUT2D eigenvalue weighted by molar-refractivity contribution is 1.32. The molecule has 3 rings (SSSR count). The Bertz CT molecular complexity index is 863. The zero-order chi connectivity index (χ0) is 13.8. The molecule has 2 aromatic carbocycles. The van der Waals surface area contributed by atoms with Gasteiger partial charge in [0.05, 0.1) is 11.1 Å². The molecule has 0 atom stereocenters. The number of aromatic nitrogens is 1. The number of nitriles is 1. The van der Waals surface area contributed by atoms with Crippen LogP contribution in [-0.2, 0) is 0 Å². The van der Waals surface area contributed by atoms with Gasteiger partial charge in [0.15, 0.2) is 0 Å². The molecule has 20 heavy (non-hydrogen) atoms. The molecule has 92 valence electrons. The molecule has 0 unspecified atom stereocenters. The van der Waals surface area contributed by atoms with Crippen molar-refractivity contribution < 1.29 is 0 Å². The summed E-state index contributed by atoms with van der Waals surface area (Å²) in [6.07, 6.45) is 0. The number of nitrogens with zero attached hydrogens (tertiary/aromatic N) is 2. The molecule has 1 aromatic heterocycles. The van der Waals surface area contributed by atoms with Gasteiger partial charge in [-0.1, -0.05) is 42.3 Å². The molecule has 0 fully saturated rings. The van der Waals surface area contributed by atoms with Crippen molar-refractivity contribution in [1.29, 1.82) is 5.26 Å². The minimum atomic E-state index is 0.507. The van der Waals surface area contributed by atoms with E-state index in [1.807, 2.05) is 60.7 Å². The Morgan fingerprint density at radius 3 is 2.40 bits per heavy atom. The van der Waals surface area contributed by atoms with Gasteiger partial charge in [-0.3, -0.25) is 0 Å². The lowest BCUT2D eigenvalue weighted by Gasteiger charge is -1.99. The Morgan fingerprint density at radius 2 is 1.60 bits per heavy atom. The first-order valence-electron chi connectivity index (χ1n) is 6.24. The lowest BCUT2D eigenvalue weighted by Crippen LogP contribution is -1.90. The predicted octanol–water partition coefficient (Wildman–Crippen LogP) is 3.51. The Kier molecular flexibility index (Phi) is 3.15. The second-order valence-electron chi connectivity index (χ2n) is 4.31. The SMILES string of the molecule is N#Cc1cc2ccccc2nc1C#Cc1ccccc1. The Balaban J connectivity index is 2.12. The lowest BCUT2D eigenvalue weighted by atomic mass is 10.1. The maximum absolute atomic E-state index is 9.22. The van der Waals surface area contributed by atoms with Crippen LogP contribution < -0.4 is 0 Å². The summed E-state index contributed by atoms with van der Waals surface area (Å²) in [5.41, 5.74) is 2.79. The highest BCUT2D eigenvalue weighted by atomic mass is 14.7. The van der Waals surface area contributed by atoms with Gasteiger partial charge in [-0.25, -0.2) is 4.98 Å². The third kappa shape index (κ3) is 2.36. The van der Waals surface area contributed by atoms with Crippen LogP contribution >= 0.6 is 0 Å². The van der Waals surface area contributed by atoms with E-state index in [9.17, 15) is 5.26 Å². The van der Waals surface area contributed by atoms with E-state index in [1.54, 1.807) is 0 Å². The van der Waals surface area contributed by atoms with Crippen LogP contribution in [0, 0.1) is 23.2 Å². The maximum Gasteiger partial charge on any atom is 0.132 e. The van der Waals surface area contributed by atoms with Crippen LogP contribution in [0.2, 0.25) is 0 Å². The topological polar surface area (TPSA) is 36.7 Å². The minimum absolute atomic E-state index is 0.507. The zero-order valence-corrected chi connectivity index (χ0v) is 10.7. The second-order valence-corrected chi connectivity index (χ2v) is 4.31. The monoisotopic (exact) mass is 254 g/mol. The van der Waals surface area contributed by atoms with E-state index in [0.717, 1.165) is 16.5 Å². The highest BCUT2D eigenvalue weighted by Gasteiger charge is 2.03. The largest absolute Gasteiger partial charge is 0.238 e. The number of fused-ring (bicyclic) bond motifs is 1. The highest BCUT2D eigenvalue weighted by Crippen LogP contribution is 2.15. The first kappa shape index (κ1) is 12.0. The molecule has 0 aliphatic heterocycles. The van der Waals surface area contributed by atoms with Gasteiger partial charge in [0.1, 0.15) is 11.8 Å². The Labute approximate surface area is 117 Å². The zero-order valence-electron chi connectivity index (χ0n) is 10.7. The quantitative estimate of drug-likeness (QED) is 0.576. The highest BCUT2D eigenvalue weighted by molar-refractivity contribution is 5.81. The van der Waals surface area contributed by atoms with E-state index in [0.29, 0.717) is 11.3 Å². The third-order valence-corrected chi connectivity index (χ3v) is 2.94. The number of rotatable bonds is 0. The minimum Gasteiger partial charge on any atom is -0.238 e. The summed E-state index contributed by atoms with van der Waals surface area (Å²) < 4.78 is 0. The number of para-hydroxylation sites is 1. The molecule has 1 heterocycles. The summed E-state index contributed by atoms with van der Waals surface area (Å²) in [5, 5.41) is 10.2. The molecule has 0 bridgehead atoms. The van der Waals surface area contributed by atoms with Gasteiger partial charge < -0.3 is 0 Å². The fourth-order valence-electron chi connectivity index (χ4n) is 1.95. The summed E-state index contributed by atoms with van der Waals surface area (Å²) in [6, 6.07) is 21.4. The Hall–Kier alpha value is -3.10. The molecule has 2 nitrogen and oxygen atoms in total. The van der Waals surface area contributed by atoms with Gasteiger partial charge in [-0.2, -0.15) is 5.26 Å². The van der Waals surface area contributed by atoms with Gasteiger partial charge in [0.2, 0.25) is 0 Å². The van der Waals surface area contributed by atoms with Crippen LogP contribution in [0.15, 0.2) is 60.7 Å². The van der Waals surface area contributed by atoms with E-state index < -0.39 is 0 Å². The van der Waals surface area contributed by atoms with Crippen molar-refractivity contribution >= 4 is 10.9 Å². The first-order chi connectivity index (χ1) is 9.86. The normalized spacial score (nSPS) is 9.55. The predicted molar refractivity (Wildman–Crippen MR) is 78.9 cm³/mol. The van der Waals surface area contributed by atoms with E-state index >= 15 is 0 Å². The van der Waals surface area contributed by atoms with Crippen molar-refractivity contribution in [2.24, 2.45) is 0 Å². The van der Waals surface area contributed by atoms with Crippen molar-refractivity contribution in [3.8, 4) is 17.9 Å². The number of hydrogen-bond acceptors (Lipinski definition) is 2. The van der Waals surface area contributed by atoms with Crippen LogP contribution in [0.25, 0.3) is 10.9 Å². The molecule has 0 aliphatic rings. The van der Waals surface area contributed by atoms with Crippen LogP contribution in [0.5, 0.6) is 0 Å². The molecule has 0 saturated heterocycles. The maximum atomic E-state index is 9.22. The Morgan fingerprint density at radius 1 is 0.850 bits per heavy atom. The van der Waals surface area contributed by atoms with E-state index in [4.69, 9.17) is 0 Å². The van der Waals surface area contributed by atoms with Crippen molar-refractivity contribution in [2.45, 2.75) is 0 Å². The van der Waals surface area contributed by atoms with Gasteiger partial charge in [-0.05, 0) is 30.2 Å². The average Bonchev–Trinajstić information content (AvgIpc) is 2.53. The molecule has 0 radical (unpaired) electrons. The van der Waals surface area contributed by atoms with Crippen molar-refractivity contribution in [3.05, 3.63) is 77.5 Å². The van der Waals surface area contributed by atoms with Gasteiger partial charge in [0.25, 0.3) is 0 Å². The summed E-state index contributed by atoms with van der Waals surface area (Å²) in [4.78, 5) is 4.46. The molecule has 0 N–H and O–H groups in total. The molecule has 3 aromatic rings. The van der Waals surface area contributed by atoms with Crippen LogP contribution in [0.1, 0.15) is 16.8 Å². The number of pyridine rings is 1. The van der Waals surface area contributed by atoms with E-state index in [-0.39, 0.29) is 0 Å². The molecular formula is C18H10N2. The third-order valence-electron chi connectivity index (χ3n) is 2.94. The van der Waals surface area contributed by atoms with Crippen molar-refractivity contribution in [3.63, 3.8) is 0 Å². The molecule has 0 spiro atoms. The average molecular weight is 254 g/mol. The van der Waals surface area contributed by atoms with Crippen molar-refractivity contribution in [1.82, 2.24) is 4.98 Å². The van der Waals surface area contributed by atoms with E-state index in [1.165, 1.54) is 0 Å². The molecule has 2 heteroatoms. The standard InChI is InChI=1S/C18H10N2/c19-13-16-12-15-8-4-5-9-17(15)20-18(16)11-10-14-6-2-1-3-7-14/h1-9,12H. The fraction of sp³-hybridized carbons (Fsp3) is 0. The molecule has 0 saturated carbocycles. The molecule has 0 amide bonds. The van der Waals surface area contributed by atoms with Gasteiger partial charge in [0, 0.05) is 10.9 Å². The number of benzene rings is 2. The summed E-state index contributed by atoms with van der Waals surface area (Å²) in [6.45, 7) is 0. The molecule has 0 aliphatic carbocycles. The summed E-state index contributed by atoms with van der Waals surface area (Å²) in [7, 11) is 0. The van der Waals surface area contributed by atoms with Crippen LogP contribution in [0.3, 0.4) is 0 Å². The summed E-state index contributed by atoms with van der Waals surface area (Å²) >= 11 is 0. The van der Waals surface area contributed by atoms with Gasteiger partial charge >= 0.3 is 0 Å². The second kappa shape index (κ2) is 5.26. The van der Waals surface area contributed by atoms with Gasteiger partial charge in [-0.15, -0.1) is 0 Å². The number of hydrogen-bond donors (Lipinski definition) is 0.